The second kappa shape index (κ2) is 4.39. The summed E-state index contributed by atoms with van der Waals surface area (Å²) >= 11 is 1.76. The second-order valence-corrected chi connectivity index (χ2v) is 4.97. The molecule has 1 saturated heterocycles. The predicted octanol–water partition coefficient (Wildman–Crippen LogP) is 2.89. The molecule has 0 aliphatic carbocycles. The molecule has 4 heteroatoms. The first kappa shape index (κ1) is 10.1. The third-order valence-electron chi connectivity index (χ3n) is 2.94. The Hall–Kier alpha value is -1.13. The molecule has 0 atom stereocenters. The molecule has 1 aliphatic rings. The highest BCUT2D eigenvalue weighted by atomic mass is 32.1. The van der Waals surface area contributed by atoms with Crippen LogP contribution in [0.1, 0.15) is 12.8 Å². The quantitative estimate of drug-likeness (QED) is 0.867. The third kappa shape index (κ3) is 1.90. The van der Waals surface area contributed by atoms with Crippen molar-refractivity contribution in [3.05, 3.63) is 23.7 Å². The van der Waals surface area contributed by atoms with Crippen LogP contribution in [0, 0.1) is 0 Å². The van der Waals surface area contributed by atoms with E-state index in [1.54, 1.807) is 11.3 Å². The van der Waals surface area contributed by atoms with E-state index in [1.165, 1.54) is 10.1 Å². The lowest BCUT2D eigenvalue weighted by atomic mass is 10.1. The average Bonchev–Trinajstić information content (AvgIpc) is 2.80. The lowest BCUT2D eigenvalue weighted by Crippen LogP contribution is -2.28. The van der Waals surface area contributed by atoms with Gasteiger partial charge in [-0.3, -0.25) is 0 Å². The number of nitrogens with one attached hydrogen (secondary N) is 1. The van der Waals surface area contributed by atoms with E-state index in [4.69, 9.17) is 4.74 Å². The summed E-state index contributed by atoms with van der Waals surface area (Å²) in [5.41, 5.74) is 0. The lowest BCUT2D eigenvalue weighted by molar-refractivity contribution is 0.0904. The molecule has 3 nitrogen and oxygen atoms in total. The average molecular weight is 234 g/mol. The molecule has 0 bridgehead atoms. The Kier molecular flexibility index (Phi) is 2.76. The zero-order valence-electron chi connectivity index (χ0n) is 8.98. The fourth-order valence-corrected chi connectivity index (χ4v) is 2.83. The van der Waals surface area contributed by atoms with E-state index in [2.05, 4.69) is 27.8 Å². The maximum absolute atomic E-state index is 5.35. The number of hydrogen-bond acceptors (Lipinski definition) is 4. The molecule has 16 heavy (non-hydrogen) atoms. The van der Waals surface area contributed by atoms with Gasteiger partial charge in [0.15, 0.2) is 0 Å². The summed E-state index contributed by atoms with van der Waals surface area (Å²) in [4.78, 5) is 4.43. The lowest BCUT2D eigenvalue weighted by Gasteiger charge is -2.23. The first-order valence-electron chi connectivity index (χ1n) is 5.60. The summed E-state index contributed by atoms with van der Waals surface area (Å²) in [5.74, 6) is 1.02. The van der Waals surface area contributed by atoms with Crippen LogP contribution in [0.4, 0.5) is 5.82 Å². The SMILES string of the molecule is c1cc2sccc2c(NC2CCOCC2)n1. The Balaban J connectivity index is 1.85. The molecular weight excluding hydrogens is 220 g/mol. The number of nitrogens with zero attached hydrogens (tertiary/aromatic N) is 1. The van der Waals surface area contributed by atoms with Crippen LogP contribution in [0.3, 0.4) is 0 Å². The van der Waals surface area contributed by atoms with Crippen LogP contribution in [0.15, 0.2) is 23.7 Å². The maximum atomic E-state index is 5.35. The summed E-state index contributed by atoms with van der Waals surface area (Å²) in [6.45, 7) is 1.72. The zero-order valence-corrected chi connectivity index (χ0v) is 9.80. The van der Waals surface area contributed by atoms with Gasteiger partial charge in [-0.15, -0.1) is 11.3 Å². The van der Waals surface area contributed by atoms with E-state index in [0.717, 1.165) is 31.9 Å². The van der Waals surface area contributed by atoms with E-state index in [9.17, 15) is 0 Å². The Morgan fingerprint density at radius 1 is 1.31 bits per heavy atom. The van der Waals surface area contributed by atoms with Crippen molar-refractivity contribution in [2.75, 3.05) is 18.5 Å². The number of anilines is 1. The van der Waals surface area contributed by atoms with Gasteiger partial charge >= 0.3 is 0 Å². The van der Waals surface area contributed by atoms with Gasteiger partial charge in [0, 0.05) is 35.5 Å². The molecule has 0 amide bonds. The standard InChI is InChI=1S/C12H14N2OS/c1-5-13-12(10-4-8-16-11(1)10)14-9-2-6-15-7-3-9/h1,4-5,8-9H,2-3,6-7H2,(H,13,14). The molecule has 0 spiro atoms. The van der Waals surface area contributed by atoms with Gasteiger partial charge in [-0.25, -0.2) is 4.98 Å². The van der Waals surface area contributed by atoms with Crippen LogP contribution >= 0.6 is 11.3 Å². The number of aromatic nitrogens is 1. The largest absolute Gasteiger partial charge is 0.381 e. The van der Waals surface area contributed by atoms with Gasteiger partial charge < -0.3 is 10.1 Å². The van der Waals surface area contributed by atoms with Crippen molar-refractivity contribution in [1.82, 2.24) is 4.98 Å². The molecule has 3 heterocycles. The van der Waals surface area contributed by atoms with Gasteiger partial charge in [-0.1, -0.05) is 0 Å². The number of rotatable bonds is 2. The van der Waals surface area contributed by atoms with E-state index in [-0.39, 0.29) is 0 Å². The van der Waals surface area contributed by atoms with Crippen molar-refractivity contribution in [3.63, 3.8) is 0 Å². The monoisotopic (exact) mass is 234 g/mol. The Labute approximate surface area is 98.5 Å². The maximum Gasteiger partial charge on any atom is 0.134 e. The summed E-state index contributed by atoms with van der Waals surface area (Å²) < 4.78 is 6.65. The first-order valence-corrected chi connectivity index (χ1v) is 6.48. The topological polar surface area (TPSA) is 34.1 Å². The second-order valence-electron chi connectivity index (χ2n) is 4.02. The molecule has 2 aromatic heterocycles. The van der Waals surface area contributed by atoms with Gasteiger partial charge in [-0.05, 0) is 30.4 Å². The first-order chi connectivity index (χ1) is 7.93. The van der Waals surface area contributed by atoms with E-state index in [0.29, 0.717) is 6.04 Å². The van der Waals surface area contributed by atoms with E-state index >= 15 is 0 Å². The van der Waals surface area contributed by atoms with Gasteiger partial charge in [0.1, 0.15) is 5.82 Å². The number of ether oxygens (including phenoxy) is 1. The minimum Gasteiger partial charge on any atom is -0.381 e. The summed E-state index contributed by atoms with van der Waals surface area (Å²) in [6, 6.07) is 4.70. The molecule has 3 rings (SSSR count). The van der Waals surface area contributed by atoms with E-state index < -0.39 is 0 Å². The molecular formula is C12H14N2OS. The molecule has 0 aromatic carbocycles. The highest BCUT2D eigenvalue weighted by Crippen LogP contribution is 2.27. The summed E-state index contributed by atoms with van der Waals surface area (Å²) in [6.07, 6.45) is 4.02. The van der Waals surface area contributed by atoms with Crippen molar-refractivity contribution in [1.29, 1.82) is 0 Å². The molecule has 1 aliphatic heterocycles. The molecule has 0 unspecified atom stereocenters. The number of pyridine rings is 1. The third-order valence-corrected chi connectivity index (χ3v) is 3.82. The number of fused-ring (bicyclic) bond motifs is 1. The fraction of sp³-hybridized carbons (Fsp3) is 0.417. The van der Waals surface area contributed by atoms with Gasteiger partial charge in [0.2, 0.25) is 0 Å². The van der Waals surface area contributed by atoms with Gasteiger partial charge in [0.25, 0.3) is 0 Å². The number of hydrogen-bond donors (Lipinski definition) is 1. The smallest absolute Gasteiger partial charge is 0.134 e. The highest BCUT2D eigenvalue weighted by molar-refractivity contribution is 7.17. The van der Waals surface area contributed by atoms with Crippen molar-refractivity contribution in [3.8, 4) is 0 Å². The van der Waals surface area contributed by atoms with Crippen LogP contribution < -0.4 is 5.32 Å². The summed E-state index contributed by atoms with van der Waals surface area (Å²) in [5, 5.41) is 6.87. The van der Waals surface area contributed by atoms with Gasteiger partial charge in [-0.2, -0.15) is 0 Å². The van der Waals surface area contributed by atoms with Crippen LogP contribution in [0.25, 0.3) is 10.1 Å². The van der Waals surface area contributed by atoms with Crippen molar-refractivity contribution < 1.29 is 4.74 Å². The molecule has 0 radical (unpaired) electrons. The summed E-state index contributed by atoms with van der Waals surface area (Å²) in [7, 11) is 0. The van der Waals surface area contributed by atoms with Crippen molar-refractivity contribution >= 4 is 27.2 Å². The van der Waals surface area contributed by atoms with Crippen molar-refractivity contribution in [2.24, 2.45) is 0 Å². The number of thiophene rings is 1. The Bertz CT molecular complexity index is 477. The van der Waals surface area contributed by atoms with Crippen LogP contribution in [0.2, 0.25) is 0 Å². The molecule has 0 saturated carbocycles. The minimum atomic E-state index is 0.506. The van der Waals surface area contributed by atoms with Crippen LogP contribution in [0.5, 0.6) is 0 Å². The predicted molar refractivity (Wildman–Crippen MR) is 67.1 cm³/mol. The minimum absolute atomic E-state index is 0.506. The molecule has 1 N–H and O–H groups in total. The Morgan fingerprint density at radius 3 is 3.06 bits per heavy atom. The normalized spacial score (nSPS) is 17.8. The van der Waals surface area contributed by atoms with Gasteiger partial charge in [0.05, 0.1) is 0 Å². The van der Waals surface area contributed by atoms with Crippen molar-refractivity contribution in [2.45, 2.75) is 18.9 Å². The van der Waals surface area contributed by atoms with Crippen LogP contribution in [-0.2, 0) is 4.74 Å². The molecule has 84 valence electrons. The van der Waals surface area contributed by atoms with Crippen LogP contribution in [-0.4, -0.2) is 24.2 Å². The Morgan fingerprint density at radius 2 is 2.19 bits per heavy atom. The zero-order chi connectivity index (χ0) is 10.8. The molecule has 1 fully saturated rings. The highest BCUT2D eigenvalue weighted by Gasteiger charge is 2.14. The fourth-order valence-electron chi connectivity index (χ4n) is 2.05. The molecule has 2 aromatic rings. The van der Waals surface area contributed by atoms with E-state index in [1.807, 2.05) is 6.20 Å².